The summed E-state index contributed by atoms with van der Waals surface area (Å²) >= 11 is 0. The average molecular weight is 365 g/mol. The first-order valence-electron chi connectivity index (χ1n) is 7.07. The van der Waals surface area contributed by atoms with Crippen LogP contribution in [0.15, 0.2) is 27.0 Å². The number of sulfonamides is 1. The van der Waals surface area contributed by atoms with Crippen molar-refractivity contribution in [2.75, 3.05) is 26.7 Å². The highest BCUT2D eigenvalue weighted by molar-refractivity contribution is 7.89. The zero-order chi connectivity index (χ0) is 16.2. The Bertz CT molecular complexity index is 681. The van der Waals surface area contributed by atoms with Gasteiger partial charge in [-0.15, -0.1) is 12.4 Å². The third-order valence-corrected chi connectivity index (χ3v) is 4.86. The molecule has 1 aliphatic rings. The number of methoxy groups -OCH3 is 1. The van der Waals surface area contributed by atoms with Gasteiger partial charge in [-0.1, -0.05) is 18.6 Å². The third kappa shape index (κ3) is 4.81. The van der Waals surface area contributed by atoms with Crippen molar-refractivity contribution in [2.24, 2.45) is 0 Å². The summed E-state index contributed by atoms with van der Waals surface area (Å²) in [6.07, 6.45) is 3.14. The molecule has 23 heavy (non-hydrogen) atoms. The molecule has 130 valence electrons. The van der Waals surface area contributed by atoms with Gasteiger partial charge >= 0.3 is 5.97 Å². The van der Waals surface area contributed by atoms with Crippen molar-refractivity contribution >= 4 is 28.4 Å². The molecule has 1 aliphatic heterocycles. The predicted molar refractivity (Wildman–Crippen MR) is 87.4 cm³/mol. The summed E-state index contributed by atoms with van der Waals surface area (Å²) in [4.78, 5) is 11.5. The van der Waals surface area contributed by atoms with Gasteiger partial charge in [-0.05, 0) is 13.0 Å². The Kier molecular flexibility index (Phi) is 7.27. The monoisotopic (exact) mass is 364 g/mol. The van der Waals surface area contributed by atoms with E-state index in [9.17, 15) is 13.2 Å². The van der Waals surface area contributed by atoms with Crippen molar-refractivity contribution in [2.45, 2.75) is 24.7 Å². The van der Waals surface area contributed by atoms with Crippen LogP contribution in [0.1, 0.15) is 29.7 Å². The fourth-order valence-electron chi connectivity index (χ4n) is 2.18. The maximum Gasteiger partial charge on any atom is 0.373 e. The number of hydrogen-bond donors (Lipinski definition) is 2. The third-order valence-electron chi connectivity index (χ3n) is 3.41. The van der Waals surface area contributed by atoms with Crippen LogP contribution < -0.4 is 10.0 Å². The lowest BCUT2D eigenvalue weighted by Crippen LogP contribution is -2.30. The highest BCUT2D eigenvalue weighted by atomic mass is 35.5. The Balaban J connectivity index is 0.00000264. The van der Waals surface area contributed by atoms with Gasteiger partial charge in [0.2, 0.25) is 15.8 Å². The van der Waals surface area contributed by atoms with Crippen LogP contribution in [0.4, 0.5) is 0 Å². The Hall–Kier alpha value is -1.35. The predicted octanol–water partition coefficient (Wildman–Crippen LogP) is 1.25. The van der Waals surface area contributed by atoms with E-state index in [1.165, 1.54) is 13.2 Å². The van der Waals surface area contributed by atoms with E-state index in [4.69, 9.17) is 4.42 Å². The van der Waals surface area contributed by atoms with Crippen LogP contribution in [0, 0.1) is 0 Å². The molecule has 0 saturated heterocycles. The zero-order valence-corrected chi connectivity index (χ0v) is 14.7. The highest BCUT2D eigenvalue weighted by Gasteiger charge is 2.25. The van der Waals surface area contributed by atoms with E-state index < -0.39 is 16.0 Å². The molecule has 0 aliphatic carbocycles. The number of carbonyl (C=O) groups excluding carboxylic acids is 1. The molecule has 9 heteroatoms. The van der Waals surface area contributed by atoms with E-state index in [1.807, 2.05) is 6.08 Å². The summed E-state index contributed by atoms with van der Waals surface area (Å²) < 4.78 is 37.2. The Morgan fingerprint density at radius 2 is 2.22 bits per heavy atom. The number of rotatable bonds is 6. The first-order valence-corrected chi connectivity index (χ1v) is 8.55. The standard InChI is InChI=1S/C14H20N2O5S.ClH/c1-3-11-13(8-12(21-11)14(17)20-2)22(18,19)16-9-10-4-6-15-7-5-10;/h4,8,15-16H,3,5-7,9H2,1-2H3;1H. The topological polar surface area (TPSA) is 97.6 Å². The van der Waals surface area contributed by atoms with Gasteiger partial charge in [-0.25, -0.2) is 17.9 Å². The summed E-state index contributed by atoms with van der Waals surface area (Å²) in [5, 5.41) is 3.16. The van der Waals surface area contributed by atoms with E-state index in [-0.39, 0.29) is 35.4 Å². The molecule has 0 spiro atoms. The maximum atomic E-state index is 12.4. The van der Waals surface area contributed by atoms with Crippen molar-refractivity contribution in [1.29, 1.82) is 0 Å². The van der Waals surface area contributed by atoms with Gasteiger partial charge in [-0.2, -0.15) is 0 Å². The van der Waals surface area contributed by atoms with Crippen LogP contribution >= 0.6 is 12.4 Å². The van der Waals surface area contributed by atoms with Crippen molar-refractivity contribution < 1.29 is 22.4 Å². The normalized spacial score (nSPS) is 14.8. The number of ether oxygens (including phenoxy) is 1. The Labute approximate surface area is 141 Å². The molecule has 7 nitrogen and oxygen atoms in total. The summed E-state index contributed by atoms with van der Waals surface area (Å²) in [6.45, 7) is 3.60. The number of halogens is 1. The lowest BCUT2D eigenvalue weighted by Gasteiger charge is -2.14. The fraction of sp³-hybridized carbons (Fsp3) is 0.500. The minimum Gasteiger partial charge on any atom is -0.463 e. The number of aryl methyl sites for hydroxylation is 1. The molecule has 0 bridgehead atoms. The molecule has 0 unspecified atom stereocenters. The van der Waals surface area contributed by atoms with Crippen LogP contribution in [0.3, 0.4) is 0 Å². The average Bonchev–Trinajstić information content (AvgIpc) is 2.98. The lowest BCUT2D eigenvalue weighted by atomic mass is 10.1. The van der Waals surface area contributed by atoms with Crippen molar-refractivity contribution in [3.05, 3.63) is 29.2 Å². The molecule has 2 N–H and O–H groups in total. The van der Waals surface area contributed by atoms with E-state index >= 15 is 0 Å². The van der Waals surface area contributed by atoms with Crippen molar-refractivity contribution in [3.8, 4) is 0 Å². The van der Waals surface area contributed by atoms with Gasteiger partial charge in [0.25, 0.3) is 0 Å². The molecule has 0 saturated carbocycles. The molecule has 0 radical (unpaired) electrons. The largest absolute Gasteiger partial charge is 0.463 e. The number of hydrogen-bond acceptors (Lipinski definition) is 6. The van der Waals surface area contributed by atoms with Gasteiger partial charge < -0.3 is 14.5 Å². The van der Waals surface area contributed by atoms with Crippen LogP contribution in [0.5, 0.6) is 0 Å². The highest BCUT2D eigenvalue weighted by Crippen LogP contribution is 2.22. The van der Waals surface area contributed by atoms with Gasteiger partial charge in [-0.3, -0.25) is 0 Å². The van der Waals surface area contributed by atoms with Gasteiger partial charge in [0, 0.05) is 25.6 Å². The van der Waals surface area contributed by atoms with E-state index in [1.54, 1.807) is 6.92 Å². The second-order valence-corrected chi connectivity index (χ2v) is 6.62. The summed E-state index contributed by atoms with van der Waals surface area (Å²) in [7, 11) is -2.52. The molecular formula is C14H21ClN2O5S. The summed E-state index contributed by atoms with van der Waals surface area (Å²) in [6, 6.07) is 1.21. The van der Waals surface area contributed by atoms with Gasteiger partial charge in [0.15, 0.2) is 0 Å². The van der Waals surface area contributed by atoms with E-state index in [0.29, 0.717) is 6.42 Å². The molecule has 0 aromatic carbocycles. The van der Waals surface area contributed by atoms with Gasteiger partial charge in [0.05, 0.1) is 7.11 Å². The molecule has 2 rings (SSSR count). The van der Waals surface area contributed by atoms with Gasteiger partial charge in [0.1, 0.15) is 10.7 Å². The van der Waals surface area contributed by atoms with E-state index in [2.05, 4.69) is 14.8 Å². The first-order chi connectivity index (χ1) is 10.5. The molecule has 2 heterocycles. The van der Waals surface area contributed by atoms with Crippen LogP contribution in [0.25, 0.3) is 0 Å². The molecule has 1 aromatic heterocycles. The first kappa shape index (κ1) is 19.7. The smallest absolute Gasteiger partial charge is 0.373 e. The summed E-state index contributed by atoms with van der Waals surface area (Å²) in [5.74, 6) is -0.565. The summed E-state index contributed by atoms with van der Waals surface area (Å²) in [5.41, 5.74) is 1.04. The van der Waals surface area contributed by atoms with Crippen LogP contribution in [-0.4, -0.2) is 41.1 Å². The number of furan rings is 1. The number of carbonyl (C=O) groups is 1. The molecule has 0 fully saturated rings. The molecular weight excluding hydrogens is 344 g/mol. The SMILES string of the molecule is CCc1oc(C(=O)OC)cc1S(=O)(=O)NCC1=CCNCC1.Cl. The van der Waals surface area contributed by atoms with Crippen molar-refractivity contribution in [1.82, 2.24) is 10.0 Å². The second-order valence-electron chi connectivity index (χ2n) is 4.88. The maximum absolute atomic E-state index is 12.4. The molecule has 0 amide bonds. The Morgan fingerprint density at radius 1 is 1.48 bits per heavy atom. The lowest BCUT2D eigenvalue weighted by molar-refractivity contribution is 0.0563. The van der Waals surface area contributed by atoms with Crippen molar-refractivity contribution in [3.63, 3.8) is 0 Å². The fourth-order valence-corrected chi connectivity index (χ4v) is 3.46. The minimum atomic E-state index is -3.74. The number of nitrogens with one attached hydrogen (secondary N) is 2. The quantitative estimate of drug-likeness (QED) is 0.582. The minimum absolute atomic E-state index is 0. The van der Waals surface area contributed by atoms with Crippen LogP contribution in [0.2, 0.25) is 0 Å². The Morgan fingerprint density at radius 3 is 2.78 bits per heavy atom. The number of esters is 1. The van der Waals surface area contributed by atoms with Crippen LogP contribution in [-0.2, 0) is 21.2 Å². The van der Waals surface area contributed by atoms with E-state index in [0.717, 1.165) is 25.1 Å². The zero-order valence-electron chi connectivity index (χ0n) is 13.0. The molecule has 1 aromatic rings. The second kappa shape index (κ2) is 8.49. The molecule has 0 atom stereocenters.